The lowest BCUT2D eigenvalue weighted by atomic mass is 9.96. The Balaban J connectivity index is 0.00000289. The van der Waals surface area contributed by atoms with Gasteiger partial charge >= 0.3 is 0 Å². The van der Waals surface area contributed by atoms with Crippen molar-refractivity contribution in [1.82, 2.24) is 0 Å². The highest BCUT2D eigenvalue weighted by Gasteiger charge is 2.27. The zero-order chi connectivity index (χ0) is 13.1. The maximum Gasteiger partial charge on any atom is 0.244 e. The van der Waals surface area contributed by atoms with Gasteiger partial charge in [0.05, 0.1) is 5.54 Å². The molecule has 0 fully saturated rings. The number of hydrogen-bond donors (Lipinski definition) is 2. The summed E-state index contributed by atoms with van der Waals surface area (Å²) in [5, 5.41) is 3.50. The molecular formula is C13H20Cl2N2O. The molecule has 0 aliphatic heterocycles. The van der Waals surface area contributed by atoms with Gasteiger partial charge in [-0.2, -0.15) is 0 Å². The number of amides is 1. The Bertz CT molecular complexity index is 419. The highest BCUT2D eigenvalue weighted by atomic mass is 35.5. The molecule has 0 spiro atoms. The van der Waals surface area contributed by atoms with Gasteiger partial charge < -0.3 is 11.1 Å². The van der Waals surface area contributed by atoms with Crippen LogP contribution in [0.3, 0.4) is 0 Å². The number of carbonyl (C=O) groups is 1. The van der Waals surface area contributed by atoms with E-state index in [4.69, 9.17) is 17.3 Å². The van der Waals surface area contributed by atoms with Crippen LogP contribution in [0.2, 0.25) is 5.02 Å². The fourth-order valence-electron chi connectivity index (χ4n) is 1.67. The minimum absolute atomic E-state index is 0. The first-order chi connectivity index (χ1) is 7.86. The number of benzene rings is 1. The zero-order valence-electron chi connectivity index (χ0n) is 10.9. The van der Waals surface area contributed by atoms with Gasteiger partial charge in [0.2, 0.25) is 5.91 Å². The molecule has 102 valence electrons. The number of anilines is 1. The molecule has 3 N–H and O–H groups in total. The fourth-order valence-corrected chi connectivity index (χ4v) is 1.89. The van der Waals surface area contributed by atoms with Crippen molar-refractivity contribution in [2.45, 2.75) is 39.2 Å². The standard InChI is InChI=1S/C13H19ClN2O.ClH/c1-4-7-13(3,15)12(17)16-11-6-5-10(14)8-9(11)2;/h5-6,8H,4,7,15H2,1-3H3,(H,16,17);1H. The SMILES string of the molecule is CCCC(C)(N)C(=O)Nc1ccc(Cl)cc1C.Cl. The number of aryl methyl sites for hydroxylation is 1. The second-order valence-corrected chi connectivity index (χ2v) is 5.02. The molecule has 1 rings (SSSR count). The molecule has 0 heterocycles. The molecule has 3 nitrogen and oxygen atoms in total. The van der Waals surface area contributed by atoms with E-state index in [0.717, 1.165) is 17.7 Å². The Morgan fingerprint density at radius 3 is 2.61 bits per heavy atom. The summed E-state index contributed by atoms with van der Waals surface area (Å²) in [6.07, 6.45) is 1.53. The molecule has 0 aromatic heterocycles. The Hall–Kier alpha value is -0.770. The van der Waals surface area contributed by atoms with Crippen LogP contribution in [-0.2, 0) is 4.79 Å². The average molecular weight is 291 g/mol. The minimum atomic E-state index is -0.833. The van der Waals surface area contributed by atoms with Crippen molar-refractivity contribution in [3.63, 3.8) is 0 Å². The first-order valence-corrected chi connectivity index (χ1v) is 6.11. The van der Waals surface area contributed by atoms with Crippen molar-refractivity contribution in [2.75, 3.05) is 5.32 Å². The van der Waals surface area contributed by atoms with Crippen molar-refractivity contribution < 1.29 is 4.79 Å². The molecule has 1 aromatic rings. The van der Waals surface area contributed by atoms with Crippen molar-refractivity contribution in [1.29, 1.82) is 0 Å². The highest BCUT2D eigenvalue weighted by molar-refractivity contribution is 6.30. The number of carbonyl (C=O) groups excluding carboxylic acids is 1. The Morgan fingerprint density at radius 2 is 2.11 bits per heavy atom. The maximum atomic E-state index is 12.0. The van der Waals surface area contributed by atoms with Crippen molar-refractivity contribution in [3.8, 4) is 0 Å². The van der Waals surface area contributed by atoms with Crippen LogP contribution in [0.4, 0.5) is 5.69 Å². The molecule has 1 unspecified atom stereocenters. The van der Waals surface area contributed by atoms with Crippen LogP contribution >= 0.6 is 24.0 Å². The normalized spacial score (nSPS) is 13.4. The molecule has 0 aliphatic carbocycles. The molecule has 0 bridgehead atoms. The Kier molecular flexibility index (Phi) is 6.68. The number of halogens is 2. The van der Waals surface area contributed by atoms with E-state index < -0.39 is 5.54 Å². The Morgan fingerprint density at radius 1 is 1.50 bits per heavy atom. The lowest BCUT2D eigenvalue weighted by molar-refractivity contribution is -0.120. The zero-order valence-corrected chi connectivity index (χ0v) is 12.5. The summed E-state index contributed by atoms with van der Waals surface area (Å²) in [4.78, 5) is 12.0. The van der Waals surface area contributed by atoms with Crippen LogP contribution in [0.1, 0.15) is 32.3 Å². The number of nitrogens with two attached hydrogens (primary N) is 1. The molecule has 0 saturated carbocycles. The van der Waals surface area contributed by atoms with Gasteiger partial charge in [-0.1, -0.05) is 24.9 Å². The van der Waals surface area contributed by atoms with Gasteiger partial charge in [-0.05, 0) is 44.0 Å². The summed E-state index contributed by atoms with van der Waals surface area (Å²) in [5.41, 5.74) is 6.81. The quantitative estimate of drug-likeness (QED) is 0.891. The average Bonchev–Trinajstić information content (AvgIpc) is 2.22. The van der Waals surface area contributed by atoms with E-state index in [2.05, 4.69) is 5.32 Å². The number of hydrogen-bond acceptors (Lipinski definition) is 2. The third-order valence-corrected chi connectivity index (χ3v) is 2.96. The summed E-state index contributed by atoms with van der Waals surface area (Å²) in [5.74, 6) is -0.162. The highest BCUT2D eigenvalue weighted by Crippen LogP contribution is 2.21. The van der Waals surface area contributed by atoms with E-state index in [-0.39, 0.29) is 18.3 Å². The van der Waals surface area contributed by atoms with Crippen LogP contribution in [0.25, 0.3) is 0 Å². The van der Waals surface area contributed by atoms with E-state index in [1.807, 2.05) is 19.9 Å². The largest absolute Gasteiger partial charge is 0.324 e. The Labute approximate surface area is 119 Å². The lowest BCUT2D eigenvalue weighted by Crippen LogP contribution is -2.48. The fraction of sp³-hybridized carbons (Fsp3) is 0.462. The van der Waals surface area contributed by atoms with E-state index in [1.54, 1.807) is 19.1 Å². The molecule has 5 heteroatoms. The van der Waals surface area contributed by atoms with Crippen LogP contribution in [0.5, 0.6) is 0 Å². The van der Waals surface area contributed by atoms with E-state index in [0.29, 0.717) is 11.4 Å². The first kappa shape index (κ1) is 17.2. The molecule has 0 saturated heterocycles. The molecule has 0 radical (unpaired) electrons. The van der Waals surface area contributed by atoms with Crippen LogP contribution < -0.4 is 11.1 Å². The molecular weight excluding hydrogens is 271 g/mol. The van der Waals surface area contributed by atoms with Gasteiger partial charge in [0.25, 0.3) is 0 Å². The second kappa shape index (κ2) is 6.98. The van der Waals surface area contributed by atoms with Crippen molar-refractivity contribution >= 4 is 35.6 Å². The summed E-state index contributed by atoms with van der Waals surface area (Å²) < 4.78 is 0. The lowest BCUT2D eigenvalue weighted by Gasteiger charge is -2.23. The van der Waals surface area contributed by atoms with Gasteiger partial charge in [-0.3, -0.25) is 4.79 Å². The van der Waals surface area contributed by atoms with Crippen LogP contribution in [-0.4, -0.2) is 11.4 Å². The van der Waals surface area contributed by atoms with Gasteiger partial charge in [0.1, 0.15) is 0 Å². The third-order valence-electron chi connectivity index (χ3n) is 2.72. The molecule has 0 aliphatic rings. The second-order valence-electron chi connectivity index (χ2n) is 4.58. The summed E-state index contributed by atoms with van der Waals surface area (Å²) >= 11 is 5.86. The minimum Gasteiger partial charge on any atom is -0.324 e. The van der Waals surface area contributed by atoms with Gasteiger partial charge in [0, 0.05) is 10.7 Å². The molecule has 1 amide bonds. The predicted molar refractivity (Wildman–Crippen MR) is 79.6 cm³/mol. The summed E-state index contributed by atoms with van der Waals surface area (Å²) in [6, 6.07) is 5.35. The first-order valence-electron chi connectivity index (χ1n) is 5.73. The van der Waals surface area contributed by atoms with Crippen molar-refractivity contribution in [3.05, 3.63) is 28.8 Å². The van der Waals surface area contributed by atoms with Crippen LogP contribution in [0.15, 0.2) is 18.2 Å². The van der Waals surface area contributed by atoms with Gasteiger partial charge in [-0.15, -0.1) is 12.4 Å². The smallest absolute Gasteiger partial charge is 0.244 e. The van der Waals surface area contributed by atoms with Gasteiger partial charge in [0.15, 0.2) is 0 Å². The number of nitrogens with one attached hydrogen (secondary N) is 1. The van der Waals surface area contributed by atoms with E-state index >= 15 is 0 Å². The molecule has 1 atom stereocenters. The summed E-state index contributed by atoms with van der Waals surface area (Å²) in [7, 11) is 0. The van der Waals surface area contributed by atoms with Crippen molar-refractivity contribution in [2.24, 2.45) is 5.73 Å². The van der Waals surface area contributed by atoms with E-state index in [1.165, 1.54) is 0 Å². The van der Waals surface area contributed by atoms with Crippen LogP contribution in [0, 0.1) is 6.92 Å². The third kappa shape index (κ3) is 4.48. The molecule has 1 aromatic carbocycles. The predicted octanol–water partition coefficient (Wildman–Crippen LogP) is 3.53. The topological polar surface area (TPSA) is 55.1 Å². The number of rotatable bonds is 4. The monoisotopic (exact) mass is 290 g/mol. The van der Waals surface area contributed by atoms with Gasteiger partial charge in [-0.25, -0.2) is 0 Å². The summed E-state index contributed by atoms with van der Waals surface area (Å²) in [6.45, 7) is 5.65. The maximum absolute atomic E-state index is 12.0. The van der Waals surface area contributed by atoms with E-state index in [9.17, 15) is 4.79 Å². The molecule has 18 heavy (non-hydrogen) atoms.